The number of fused-ring (bicyclic) bond motifs is 1. The molecule has 1 saturated carbocycles. The predicted molar refractivity (Wildman–Crippen MR) is 34.9 cm³/mol. The molecule has 1 fully saturated rings. The zero-order valence-electron chi connectivity index (χ0n) is 5.50. The maximum Gasteiger partial charge on any atom is 0.133 e. The number of allylic oxidation sites excluding steroid dienone is 2. The Bertz CT molecular complexity index is 181. The molecule has 0 spiro atoms. The van der Waals surface area contributed by atoms with Gasteiger partial charge in [-0.2, -0.15) is 0 Å². The van der Waals surface area contributed by atoms with Crippen molar-refractivity contribution in [3.05, 3.63) is 12.2 Å². The van der Waals surface area contributed by atoms with E-state index in [0.717, 1.165) is 6.42 Å². The van der Waals surface area contributed by atoms with E-state index in [1.165, 1.54) is 0 Å². The van der Waals surface area contributed by atoms with Crippen LogP contribution in [0.1, 0.15) is 13.3 Å². The van der Waals surface area contributed by atoms with E-state index in [1.807, 2.05) is 0 Å². The Morgan fingerprint density at radius 1 is 1.67 bits per heavy atom. The molecule has 1 nitrogen and oxygen atoms in total. The summed E-state index contributed by atoms with van der Waals surface area (Å²) >= 11 is 0. The van der Waals surface area contributed by atoms with E-state index in [9.17, 15) is 4.79 Å². The summed E-state index contributed by atoms with van der Waals surface area (Å²) in [4.78, 5) is 10.8. The maximum atomic E-state index is 10.8. The molecule has 0 radical (unpaired) electrons. The van der Waals surface area contributed by atoms with Gasteiger partial charge in [0.2, 0.25) is 0 Å². The van der Waals surface area contributed by atoms with Crippen molar-refractivity contribution < 1.29 is 4.79 Å². The number of hydrogen-bond donors (Lipinski definition) is 0. The van der Waals surface area contributed by atoms with Crippen LogP contribution in [-0.2, 0) is 4.79 Å². The zero-order chi connectivity index (χ0) is 6.43. The first-order valence-electron chi connectivity index (χ1n) is 3.48. The smallest absolute Gasteiger partial charge is 0.133 e. The van der Waals surface area contributed by atoms with E-state index >= 15 is 0 Å². The standard InChI is InChI=1S/C8H10O/c1-5(9)8-6-3-2-4-7(6)8/h2-3,6-8H,4H2,1H3. The van der Waals surface area contributed by atoms with Gasteiger partial charge in [0.1, 0.15) is 5.78 Å². The molecule has 0 N–H and O–H groups in total. The number of rotatable bonds is 1. The van der Waals surface area contributed by atoms with Gasteiger partial charge in [0.05, 0.1) is 0 Å². The minimum atomic E-state index is 0.384. The number of carbonyl (C=O) groups excluding carboxylic acids is 1. The highest BCUT2D eigenvalue weighted by Crippen LogP contribution is 2.53. The Balaban J connectivity index is 2.10. The zero-order valence-corrected chi connectivity index (χ0v) is 5.50. The van der Waals surface area contributed by atoms with Crippen molar-refractivity contribution in [2.45, 2.75) is 13.3 Å². The first-order chi connectivity index (χ1) is 4.30. The lowest BCUT2D eigenvalue weighted by Crippen LogP contribution is -1.96. The topological polar surface area (TPSA) is 17.1 Å². The summed E-state index contributed by atoms with van der Waals surface area (Å²) in [6.07, 6.45) is 5.53. The van der Waals surface area contributed by atoms with E-state index in [4.69, 9.17) is 0 Å². The fraction of sp³-hybridized carbons (Fsp3) is 0.625. The first-order valence-corrected chi connectivity index (χ1v) is 3.48. The molecule has 2 rings (SSSR count). The van der Waals surface area contributed by atoms with Crippen molar-refractivity contribution >= 4 is 5.78 Å². The fourth-order valence-electron chi connectivity index (χ4n) is 1.93. The molecule has 0 bridgehead atoms. The number of ketones is 1. The first kappa shape index (κ1) is 5.21. The third-order valence-corrected chi connectivity index (χ3v) is 2.47. The van der Waals surface area contributed by atoms with E-state index in [0.29, 0.717) is 23.5 Å². The van der Waals surface area contributed by atoms with E-state index < -0.39 is 0 Å². The number of hydrogen-bond acceptors (Lipinski definition) is 1. The lowest BCUT2D eigenvalue weighted by atomic mass is 10.2. The van der Waals surface area contributed by atoms with Crippen molar-refractivity contribution in [3.63, 3.8) is 0 Å². The molecule has 3 unspecified atom stereocenters. The van der Waals surface area contributed by atoms with Crippen LogP contribution in [-0.4, -0.2) is 5.78 Å². The van der Waals surface area contributed by atoms with Gasteiger partial charge in [0.15, 0.2) is 0 Å². The number of Topliss-reactive ketones (excluding diaryl/α,β-unsaturated/α-hetero) is 1. The van der Waals surface area contributed by atoms with Crippen LogP contribution in [0.25, 0.3) is 0 Å². The quantitative estimate of drug-likeness (QED) is 0.480. The van der Waals surface area contributed by atoms with E-state index in [1.54, 1.807) is 6.92 Å². The SMILES string of the molecule is CC(=O)C1C2C=CCC21. The highest BCUT2D eigenvalue weighted by Gasteiger charge is 2.52. The largest absolute Gasteiger partial charge is 0.300 e. The summed E-state index contributed by atoms with van der Waals surface area (Å²) in [5.41, 5.74) is 0. The molecule has 0 aromatic heterocycles. The Labute approximate surface area is 54.8 Å². The van der Waals surface area contributed by atoms with Gasteiger partial charge in [-0.3, -0.25) is 4.79 Å². The van der Waals surface area contributed by atoms with Crippen molar-refractivity contribution in [2.75, 3.05) is 0 Å². The molecule has 0 aromatic carbocycles. The van der Waals surface area contributed by atoms with Crippen molar-refractivity contribution in [1.82, 2.24) is 0 Å². The monoisotopic (exact) mass is 122 g/mol. The van der Waals surface area contributed by atoms with Crippen molar-refractivity contribution in [1.29, 1.82) is 0 Å². The fourth-order valence-corrected chi connectivity index (χ4v) is 1.93. The molecule has 2 aliphatic rings. The number of carbonyl (C=O) groups is 1. The second-order valence-corrected chi connectivity index (χ2v) is 3.04. The highest BCUT2D eigenvalue weighted by molar-refractivity contribution is 5.82. The van der Waals surface area contributed by atoms with Crippen LogP contribution in [0.4, 0.5) is 0 Å². The second-order valence-electron chi connectivity index (χ2n) is 3.04. The molecule has 0 amide bonds. The average Bonchev–Trinajstić information content (AvgIpc) is 2.30. The summed E-state index contributed by atoms with van der Waals surface area (Å²) in [7, 11) is 0. The molecule has 1 heteroatoms. The molecule has 9 heavy (non-hydrogen) atoms. The Morgan fingerprint density at radius 2 is 2.44 bits per heavy atom. The molecule has 0 heterocycles. The summed E-state index contributed by atoms with van der Waals surface area (Å²) < 4.78 is 0. The van der Waals surface area contributed by atoms with Crippen LogP contribution < -0.4 is 0 Å². The van der Waals surface area contributed by atoms with Crippen LogP contribution in [0.2, 0.25) is 0 Å². The van der Waals surface area contributed by atoms with Crippen LogP contribution in [0.15, 0.2) is 12.2 Å². The lowest BCUT2D eigenvalue weighted by molar-refractivity contribution is -0.118. The summed E-state index contributed by atoms with van der Waals surface area (Å²) in [5.74, 6) is 2.15. The summed E-state index contributed by atoms with van der Waals surface area (Å²) in [6.45, 7) is 1.71. The molecule has 0 aliphatic heterocycles. The van der Waals surface area contributed by atoms with Gasteiger partial charge < -0.3 is 0 Å². The molecule has 3 atom stereocenters. The van der Waals surface area contributed by atoms with Gasteiger partial charge in [-0.25, -0.2) is 0 Å². The molecule has 48 valence electrons. The van der Waals surface area contributed by atoms with Gasteiger partial charge in [0.25, 0.3) is 0 Å². The lowest BCUT2D eigenvalue weighted by Gasteiger charge is -1.89. The maximum absolute atomic E-state index is 10.8. The van der Waals surface area contributed by atoms with Gasteiger partial charge in [-0.1, -0.05) is 12.2 Å². The molecular weight excluding hydrogens is 112 g/mol. The van der Waals surface area contributed by atoms with Crippen LogP contribution in [0.5, 0.6) is 0 Å². The minimum Gasteiger partial charge on any atom is -0.300 e. The predicted octanol–water partition coefficient (Wildman–Crippen LogP) is 1.40. The van der Waals surface area contributed by atoms with Gasteiger partial charge in [-0.05, 0) is 25.2 Å². The Morgan fingerprint density at radius 3 is 2.78 bits per heavy atom. The second kappa shape index (κ2) is 1.47. The Kier molecular flexibility index (Phi) is 0.850. The molecule has 0 saturated heterocycles. The van der Waals surface area contributed by atoms with Gasteiger partial charge >= 0.3 is 0 Å². The van der Waals surface area contributed by atoms with Crippen LogP contribution in [0.3, 0.4) is 0 Å². The van der Waals surface area contributed by atoms with Gasteiger partial charge in [0, 0.05) is 5.92 Å². The Hall–Kier alpha value is -0.590. The summed E-state index contributed by atoms with van der Waals surface area (Å²) in [6, 6.07) is 0. The summed E-state index contributed by atoms with van der Waals surface area (Å²) in [5, 5.41) is 0. The molecular formula is C8H10O. The van der Waals surface area contributed by atoms with Crippen molar-refractivity contribution in [3.8, 4) is 0 Å². The van der Waals surface area contributed by atoms with Crippen LogP contribution >= 0.6 is 0 Å². The van der Waals surface area contributed by atoms with E-state index in [-0.39, 0.29) is 0 Å². The van der Waals surface area contributed by atoms with E-state index in [2.05, 4.69) is 12.2 Å². The normalized spacial score (nSPS) is 44.8. The third kappa shape index (κ3) is 0.576. The van der Waals surface area contributed by atoms with Crippen molar-refractivity contribution in [2.24, 2.45) is 17.8 Å². The minimum absolute atomic E-state index is 0.384. The van der Waals surface area contributed by atoms with Crippen LogP contribution in [0, 0.1) is 17.8 Å². The average molecular weight is 122 g/mol. The van der Waals surface area contributed by atoms with Gasteiger partial charge in [-0.15, -0.1) is 0 Å². The molecule has 0 aromatic rings. The molecule has 2 aliphatic carbocycles. The third-order valence-electron chi connectivity index (χ3n) is 2.47. The highest BCUT2D eigenvalue weighted by atomic mass is 16.1.